The topological polar surface area (TPSA) is 87.0 Å². The number of aromatic nitrogens is 1. The highest BCUT2D eigenvalue weighted by atomic mass is 35.5. The van der Waals surface area contributed by atoms with Gasteiger partial charge in [-0.1, -0.05) is 24.6 Å². The van der Waals surface area contributed by atoms with Crippen LogP contribution in [0.4, 0.5) is 17.6 Å². The third kappa shape index (κ3) is 6.28. The molecule has 0 aliphatic carbocycles. The summed E-state index contributed by atoms with van der Waals surface area (Å²) >= 11 is 6.32. The Labute approximate surface area is 220 Å². The number of rotatable bonds is 9. The van der Waals surface area contributed by atoms with E-state index in [1.54, 1.807) is 0 Å². The molecule has 0 bridgehead atoms. The first-order valence-corrected chi connectivity index (χ1v) is 11.6. The van der Waals surface area contributed by atoms with Gasteiger partial charge in [-0.05, 0) is 35.9 Å². The fraction of sp³-hybridized carbons (Fsp3) is 0.308. The number of aliphatic hydroxyl groups is 1. The van der Waals surface area contributed by atoms with Crippen LogP contribution in [0.2, 0.25) is 5.02 Å². The Bertz CT molecular complexity index is 1380. The van der Waals surface area contributed by atoms with Crippen LogP contribution in [0.3, 0.4) is 0 Å². The van der Waals surface area contributed by atoms with Crippen LogP contribution in [0.25, 0.3) is 0 Å². The summed E-state index contributed by atoms with van der Waals surface area (Å²) in [5.74, 6) is -2.68. The Morgan fingerprint density at radius 3 is 2.34 bits per heavy atom. The van der Waals surface area contributed by atoms with Gasteiger partial charge in [0, 0.05) is 48.8 Å². The lowest BCUT2D eigenvalue weighted by molar-refractivity contribution is -0.274. The summed E-state index contributed by atoms with van der Waals surface area (Å²) in [5.41, 5.74) is -4.45. The number of benzene rings is 2. The molecule has 12 heteroatoms. The average Bonchev–Trinajstić information content (AvgIpc) is 2.83. The van der Waals surface area contributed by atoms with Gasteiger partial charge >= 0.3 is 12.1 Å². The Balaban J connectivity index is 1.86. The van der Waals surface area contributed by atoms with E-state index < -0.39 is 40.6 Å². The van der Waals surface area contributed by atoms with Gasteiger partial charge in [-0.3, -0.25) is 9.59 Å². The van der Waals surface area contributed by atoms with Crippen molar-refractivity contribution in [3.8, 4) is 17.2 Å². The first kappa shape index (κ1) is 29.0. The molecule has 0 radical (unpaired) electrons. The first-order chi connectivity index (χ1) is 17.7. The largest absolute Gasteiger partial charge is 0.487 e. The molecule has 1 heterocycles. The molecule has 0 aliphatic rings. The fourth-order valence-corrected chi connectivity index (χ4v) is 4.09. The van der Waals surface area contributed by atoms with Crippen molar-refractivity contribution in [3.05, 3.63) is 87.0 Å². The second-order valence-electron chi connectivity index (χ2n) is 8.42. The van der Waals surface area contributed by atoms with Crippen molar-refractivity contribution in [1.82, 2.24) is 4.57 Å². The Kier molecular flexibility index (Phi) is 8.73. The van der Waals surface area contributed by atoms with Gasteiger partial charge in [0.25, 0.3) is 0 Å². The van der Waals surface area contributed by atoms with Crippen molar-refractivity contribution < 1.29 is 41.7 Å². The molecule has 3 aromatic rings. The van der Waals surface area contributed by atoms with Crippen molar-refractivity contribution in [2.24, 2.45) is 7.05 Å². The number of esters is 1. The summed E-state index contributed by atoms with van der Waals surface area (Å²) < 4.78 is 73.2. The minimum atomic E-state index is -5.11. The number of carbonyl (C=O) groups excluding carboxylic acids is 1. The maximum atomic E-state index is 14.2. The molecule has 0 fully saturated rings. The molecule has 0 spiro atoms. The lowest BCUT2D eigenvalue weighted by atomic mass is 9.78. The average molecular weight is 558 g/mol. The second kappa shape index (κ2) is 11.4. The Morgan fingerprint density at radius 2 is 1.74 bits per heavy atom. The Morgan fingerprint density at radius 1 is 1.08 bits per heavy atom. The van der Waals surface area contributed by atoms with Gasteiger partial charge in [0.15, 0.2) is 17.2 Å². The van der Waals surface area contributed by atoms with Crippen LogP contribution in [0.15, 0.2) is 59.5 Å². The summed E-state index contributed by atoms with van der Waals surface area (Å²) in [6.07, 6.45) is -4.18. The van der Waals surface area contributed by atoms with E-state index >= 15 is 0 Å². The molecule has 7 nitrogen and oxygen atoms in total. The van der Waals surface area contributed by atoms with Gasteiger partial charge in [0.05, 0.1) is 0 Å². The molecule has 2 atom stereocenters. The number of carbonyl (C=O) groups is 1. The number of alkyl halides is 3. The standard InChI is InChI=1S/C26H24ClF4NO6/c1-15(25(35,26(29,30)31)17-4-9-24(34)32(3)14-17)20-7-5-18(12-21(20)27)38-19-6-8-22(28)23(13-19)37-11-10-36-16(2)33/h4-9,12-15,35H,10-11H2,1-3H3. The zero-order chi connectivity index (χ0) is 28.3. The molecule has 0 saturated carbocycles. The lowest BCUT2D eigenvalue weighted by Crippen LogP contribution is -2.47. The molecule has 38 heavy (non-hydrogen) atoms. The number of pyridine rings is 1. The lowest BCUT2D eigenvalue weighted by Gasteiger charge is -2.37. The minimum Gasteiger partial charge on any atom is -0.487 e. The maximum absolute atomic E-state index is 14.2. The van der Waals surface area contributed by atoms with Gasteiger partial charge in [-0.2, -0.15) is 13.2 Å². The van der Waals surface area contributed by atoms with Crippen LogP contribution in [-0.4, -0.2) is 35.0 Å². The van der Waals surface area contributed by atoms with Crippen LogP contribution < -0.4 is 15.0 Å². The molecular weight excluding hydrogens is 534 g/mol. The van der Waals surface area contributed by atoms with Gasteiger partial charge in [0.1, 0.15) is 24.7 Å². The SMILES string of the molecule is CC(=O)OCCOc1cc(Oc2ccc(C(C)C(O)(c3ccc(=O)n(C)c3)C(F)(F)F)c(Cl)c2)ccc1F. The number of ether oxygens (including phenoxy) is 3. The van der Waals surface area contributed by atoms with Crippen LogP contribution in [-0.2, 0) is 22.2 Å². The van der Waals surface area contributed by atoms with E-state index in [1.165, 1.54) is 51.2 Å². The van der Waals surface area contributed by atoms with Crippen molar-refractivity contribution in [2.45, 2.75) is 31.5 Å². The molecule has 2 unspecified atom stereocenters. The Hall–Kier alpha value is -3.57. The molecular formula is C26H24ClF4NO6. The highest BCUT2D eigenvalue weighted by Crippen LogP contribution is 2.50. The smallest absolute Gasteiger partial charge is 0.422 e. The van der Waals surface area contributed by atoms with E-state index in [0.29, 0.717) is 0 Å². The van der Waals surface area contributed by atoms with Crippen molar-refractivity contribution in [3.63, 3.8) is 0 Å². The molecule has 0 aliphatic heterocycles. The molecule has 204 valence electrons. The van der Waals surface area contributed by atoms with Crippen LogP contribution in [0, 0.1) is 5.82 Å². The van der Waals surface area contributed by atoms with Crippen molar-refractivity contribution in [1.29, 1.82) is 0 Å². The molecule has 0 saturated heterocycles. The van der Waals surface area contributed by atoms with Crippen molar-refractivity contribution in [2.75, 3.05) is 13.2 Å². The molecule has 2 aromatic carbocycles. The van der Waals surface area contributed by atoms with Gasteiger partial charge < -0.3 is 23.9 Å². The summed E-state index contributed by atoms with van der Waals surface area (Å²) in [4.78, 5) is 22.5. The monoisotopic (exact) mass is 557 g/mol. The van der Waals surface area contributed by atoms with Crippen molar-refractivity contribution >= 4 is 17.6 Å². The quantitative estimate of drug-likeness (QED) is 0.213. The van der Waals surface area contributed by atoms with E-state index in [1.807, 2.05) is 0 Å². The summed E-state index contributed by atoms with van der Waals surface area (Å²) in [7, 11) is 1.28. The first-order valence-electron chi connectivity index (χ1n) is 11.2. The number of aryl methyl sites for hydroxylation is 1. The number of hydrogen-bond acceptors (Lipinski definition) is 6. The zero-order valence-electron chi connectivity index (χ0n) is 20.5. The van der Waals surface area contributed by atoms with Crippen LogP contribution >= 0.6 is 11.6 Å². The summed E-state index contributed by atoms with van der Waals surface area (Å²) in [5, 5.41) is 10.8. The second-order valence-corrected chi connectivity index (χ2v) is 8.83. The molecule has 3 rings (SSSR count). The minimum absolute atomic E-state index is 0.0266. The van der Waals surface area contributed by atoms with Gasteiger partial charge in [0.2, 0.25) is 5.56 Å². The molecule has 1 N–H and O–H groups in total. The van der Waals surface area contributed by atoms with E-state index in [0.717, 1.165) is 29.0 Å². The number of halogens is 5. The molecule has 1 aromatic heterocycles. The van der Waals surface area contributed by atoms with E-state index in [2.05, 4.69) is 0 Å². The third-order valence-corrected chi connectivity index (χ3v) is 6.14. The third-order valence-electron chi connectivity index (χ3n) is 5.81. The highest BCUT2D eigenvalue weighted by molar-refractivity contribution is 6.31. The highest BCUT2D eigenvalue weighted by Gasteiger charge is 2.59. The number of nitrogens with zero attached hydrogens (tertiary/aromatic N) is 1. The predicted octanol–water partition coefficient (Wildman–Crippen LogP) is 5.47. The number of hydrogen-bond donors (Lipinski definition) is 1. The molecule has 0 amide bonds. The zero-order valence-corrected chi connectivity index (χ0v) is 21.3. The maximum Gasteiger partial charge on any atom is 0.422 e. The van der Waals surface area contributed by atoms with E-state index in [9.17, 15) is 32.3 Å². The van der Waals surface area contributed by atoms with Crippen LogP contribution in [0.1, 0.15) is 30.9 Å². The predicted molar refractivity (Wildman–Crippen MR) is 130 cm³/mol. The van der Waals surface area contributed by atoms with Gasteiger partial charge in [-0.25, -0.2) is 4.39 Å². The summed E-state index contributed by atoms with van der Waals surface area (Å²) in [6.45, 7) is 2.20. The van der Waals surface area contributed by atoms with E-state index in [4.69, 9.17) is 25.8 Å². The van der Waals surface area contributed by atoms with Crippen LogP contribution in [0.5, 0.6) is 17.2 Å². The van der Waals surface area contributed by atoms with E-state index in [-0.39, 0.29) is 41.0 Å². The fourth-order valence-electron chi connectivity index (χ4n) is 3.76. The summed E-state index contributed by atoms with van der Waals surface area (Å²) in [6, 6.07) is 9.39. The van der Waals surface area contributed by atoms with Gasteiger partial charge in [-0.15, -0.1) is 0 Å². The normalized spacial score (nSPS) is 13.9.